The fraction of sp³-hybridized carbons (Fsp3) is 0.636. The Hall–Kier alpha value is -0.610. The summed E-state index contributed by atoms with van der Waals surface area (Å²) in [4.78, 5) is 0. The summed E-state index contributed by atoms with van der Waals surface area (Å²) in [7, 11) is -0.772. The van der Waals surface area contributed by atoms with E-state index in [2.05, 4.69) is 5.32 Å². The van der Waals surface area contributed by atoms with Gasteiger partial charge in [0.15, 0.2) is 0 Å². The van der Waals surface area contributed by atoms with Gasteiger partial charge in [-0.05, 0) is 26.8 Å². The lowest BCUT2D eigenvalue weighted by Crippen LogP contribution is -2.29. The van der Waals surface area contributed by atoms with Gasteiger partial charge in [0.2, 0.25) is 0 Å². The van der Waals surface area contributed by atoms with E-state index in [9.17, 15) is 4.21 Å². The Labute approximate surface area is 93.7 Å². The van der Waals surface area contributed by atoms with E-state index in [1.54, 1.807) is 12.5 Å². The molecule has 0 spiro atoms. The van der Waals surface area contributed by atoms with Crippen LogP contribution >= 0.6 is 0 Å². The average molecular weight is 229 g/mol. The average Bonchev–Trinajstić information content (AvgIpc) is 2.63. The van der Waals surface area contributed by atoms with Crippen LogP contribution in [0.3, 0.4) is 0 Å². The zero-order chi connectivity index (χ0) is 11.3. The van der Waals surface area contributed by atoms with Crippen molar-refractivity contribution in [2.45, 2.75) is 32.1 Å². The first-order valence-corrected chi connectivity index (χ1v) is 6.42. The minimum atomic E-state index is -0.772. The van der Waals surface area contributed by atoms with E-state index in [1.165, 1.54) is 0 Å². The first-order chi connectivity index (χ1) is 7.00. The Balaban J connectivity index is 2.15. The van der Waals surface area contributed by atoms with Crippen molar-refractivity contribution in [1.29, 1.82) is 0 Å². The molecule has 86 valence electrons. The second kappa shape index (κ2) is 5.47. The highest BCUT2D eigenvalue weighted by Gasteiger charge is 2.18. The van der Waals surface area contributed by atoms with Gasteiger partial charge in [0.25, 0.3) is 0 Å². The van der Waals surface area contributed by atoms with Crippen molar-refractivity contribution in [1.82, 2.24) is 5.32 Å². The highest BCUT2D eigenvalue weighted by molar-refractivity contribution is 7.86. The first kappa shape index (κ1) is 12.5. The number of nitrogens with one attached hydrogen (secondary N) is 1. The zero-order valence-electron chi connectivity index (χ0n) is 9.58. The second-order valence-electron chi connectivity index (χ2n) is 4.47. The van der Waals surface area contributed by atoms with Gasteiger partial charge in [-0.1, -0.05) is 0 Å². The summed E-state index contributed by atoms with van der Waals surface area (Å²) in [5, 5.41) is 3.24. The van der Waals surface area contributed by atoms with Crippen LogP contribution in [-0.4, -0.2) is 21.3 Å². The highest BCUT2D eigenvalue weighted by atomic mass is 32.2. The van der Waals surface area contributed by atoms with Crippen LogP contribution in [0.15, 0.2) is 23.0 Å². The third-order valence-electron chi connectivity index (χ3n) is 2.06. The molecule has 0 saturated carbocycles. The lowest BCUT2D eigenvalue weighted by Gasteiger charge is -2.17. The van der Waals surface area contributed by atoms with Crippen LogP contribution in [0.5, 0.6) is 0 Å². The Bertz CT molecular complexity index is 301. The molecule has 1 atom stereocenters. The molecule has 1 unspecified atom stereocenters. The molecule has 1 aromatic rings. The van der Waals surface area contributed by atoms with Gasteiger partial charge in [-0.3, -0.25) is 4.21 Å². The predicted octanol–water partition coefficient (Wildman–Crippen LogP) is 1.92. The maximum absolute atomic E-state index is 11.7. The molecule has 0 bridgehead atoms. The molecule has 0 aliphatic rings. The van der Waals surface area contributed by atoms with Gasteiger partial charge in [-0.25, -0.2) is 0 Å². The van der Waals surface area contributed by atoms with Gasteiger partial charge >= 0.3 is 0 Å². The Morgan fingerprint density at radius 1 is 1.47 bits per heavy atom. The Kier molecular flexibility index (Phi) is 4.54. The molecule has 0 aliphatic heterocycles. The fourth-order valence-corrected chi connectivity index (χ4v) is 2.04. The largest absolute Gasteiger partial charge is 0.472 e. The van der Waals surface area contributed by atoms with E-state index in [4.69, 9.17) is 4.42 Å². The molecule has 4 heteroatoms. The molecule has 0 aliphatic carbocycles. The van der Waals surface area contributed by atoms with Crippen molar-refractivity contribution in [3.63, 3.8) is 0 Å². The minimum absolute atomic E-state index is 0.114. The molecule has 0 saturated heterocycles. The summed E-state index contributed by atoms with van der Waals surface area (Å²) in [6, 6.07) is 1.92. The highest BCUT2D eigenvalue weighted by Crippen LogP contribution is 2.10. The van der Waals surface area contributed by atoms with Gasteiger partial charge < -0.3 is 9.73 Å². The van der Waals surface area contributed by atoms with Crippen molar-refractivity contribution >= 4 is 10.8 Å². The van der Waals surface area contributed by atoms with Crippen molar-refractivity contribution in [3.05, 3.63) is 24.2 Å². The normalized spacial score (nSPS) is 14.1. The second-order valence-corrected chi connectivity index (χ2v) is 6.79. The predicted molar refractivity (Wildman–Crippen MR) is 63.2 cm³/mol. The Morgan fingerprint density at radius 2 is 2.20 bits per heavy atom. The van der Waals surface area contributed by atoms with Crippen LogP contribution in [0.1, 0.15) is 26.3 Å². The first-order valence-electron chi connectivity index (χ1n) is 5.10. The fourth-order valence-electron chi connectivity index (χ4n) is 1.10. The molecule has 1 heterocycles. The summed E-state index contributed by atoms with van der Waals surface area (Å²) >= 11 is 0. The standard InChI is InChI=1S/C11H19NO2S/c1-11(2,3)15(13)7-5-12-8-10-4-6-14-9-10/h4,6,9,12H,5,7-8H2,1-3H3. The van der Waals surface area contributed by atoms with Crippen LogP contribution in [0.25, 0.3) is 0 Å². The molecule has 3 nitrogen and oxygen atoms in total. The lowest BCUT2D eigenvalue weighted by molar-refractivity contribution is 0.561. The van der Waals surface area contributed by atoms with Gasteiger partial charge in [0.05, 0.1) is 12.5 Å². The maximum atomic E-state index is 11.7. The van der Waals surface area contributed by atoms with Crippen molar-refractivity contribution in [2.75, 3.05) is 12.3 Å². The van der Waals surface area contributed by atoms with Crippen LogP contribution < -0.4 is 5.32 Å². The molecular weight excluding hydrogens is 210 g/mol. The van der Waals surface area contributed by atoms with E-state index in [1.807, 2.05) is 26.8 Å². The molecule has 0 radical (unpaired) electrons. The SMILES string of the molecule is CC(C)(C)S(=O)CCNCc1ccoc1. The number of hydrogen-bond donors (Lipinski definition) is 1. The molecule has 15 heavy (non-hydrogen) atoms. The summed E-state index contributed by atoms with van der Waals surface area (Å²) in [6.45, 7) is 7.55. The van der Waals surface area contributed by atoms with Gasteiger partial charge in [-0.2, -0.15) is 0 Å². The third-order valence-corrected chi connectivity index (χ3v) is 4.00. The smallest absolute Gasteiger partial charge is 0.0947 e. The van der Waals surface area contributed by atoms with Crippen molar-refractivity contribution in [2.24, 2.45) is 0 Å². The summed E-state index contributed by atoms with van der Waals surface area (Å²) in [5.74, 6) is 0.696. The summed E-state index contributed by atoms with van der Waals surface area (Å²) < 4.78 is 16.5. The zero-order valence-corrected chi connectivity index (χ0v) is 10.4. The van der Waals surface area contributed by atoms with Gasteiger partial charge in [-0.15, -0.1) is 0 Å². The molecule has 0 fully saturated rings. The number of furan rings is 1. The molecule has 0 aromatic carbocycles. The van der Waals surface area contributed by atoms with Crippen molar-refractivity contribution in [3.8, 4) is 0 Å². The molecule has 0 amide bonds. The van der Waals surface area contributed by atoms with E-state index in [-0.39, 0.29) is 4.75 Å². The minimum Gasteiger partial charge on any atom is -0.472 e. The van der Waals surface area contributed by atoms with E-state index in [0.717, 1.165) is 18.7 Å². The maximum Gasteiger partial charge on any atom is 0.0947 e. The quantitative estimate of drug-likeness (QED) is 0.784. The van der Waals surface area contributed by atoms with E-state index < -0.39 is 10.8 Å². The molecule has 1 aromatic heterocycles. The van der Waals surface area contributed by atoms with Crippen LogP contribution in [0.4, 0.5) is 0 Å². The summed E-state index contributed by atoms with van der Waals surface area (Å²) in [5.41, 5.74) is 1.12. The third kappa shape index (κ3) is 4.62. The summed E-state index contributed by atoms with van der Waals surface area (Å²) in [6.07, 6.45) is 3.37. The van der Waals surface area contributed by atoms with E-state index in [0.29, 0.717) is 5.75 Å². The van der Waals surface area contributed by atoms with Crippen molar-refractivity contribution < 1.29 is 8.63 Å². The van der Waals surface area contributed by atoms with Gasteiger partial charge in [0, 0.05) is 40.0 Å². The lowest BCUT2D eigenvalue weighted by atomic mass is 10.3. The van der Waals surface area contributed by atoms with Crippen LogP contribution in [0.2, 0.25) is 0 Å². The van der Waals surface area contributed by atoms with E-state index >= 15 is 0 Å². The van der Waals surface area contributed by atoms with Gasteiger partial charge in [0.1, 0.15) is 0 Å². The topological polar surface area (TPSA) is 42.2 Å². The number of hydrogen-bond acceptors (Lipinski definition) is 3. The van der Waals surface area contributed by atoms with Crippen LogP contribution in [-0.2, 0) is 17.3 Å². The van der Waals surface area contributed by atoms with Crippen LogP contribution in [0, 0.1) is 0 Å². The molecule has 1 rings (SSSR count). The molecular formula is C11H19NO2S. The Morgan fingerprint density at radius 3 is 2.73 bits per heavy atom. The monoisotopic (exact) mass is 229 g/mol. The molecule has 1 N–H and O–H groups in total. The number of rotatable bonds is 5.